The summed E-state index contributed by atoms with van der Waals surface area (Å²) in [5, 5.41) is 3.04. The summed E-state index contributed by atoms with van der Waals surface area (Å²) in [5.74, 6) is 0.636. The molecule has 1 aromatic carbocycles. The van der Waals surface area contributed by atoms with E-state index in [1.807, 2.05) is 29.4 Å². The first-order valence-corrected chi connectivity index (χ1v) is 9.89. The Balaban J connectivity index is 1.48. The predicted molar refractivity (Wildman–Crippen MR) is 97.2 cm³/mol. The van der Waals surface area contributed by atoms with Crippen molar-refractivity contribution in [3.05, 3.63) is 24.3 Å². The van der Waals surface area contributed by atoms with E-state index in [1.165, 1.54) is 37.2 Å². The van der Waals surface area contributed by atoms with Gasteiger partial charge in [0.1, 0.15) is 0 Å². The molecule has 3 rings (SSSR count). The van der Waals surface area contributed by atoms with E-state index < -0.39 is 0 Å². The topological polar surface area (TPSA) is 35.6 Å². The van der Waals surface area contributed by atoms with Crippen LogP contribution in [0.4, 0.5) is 10.5 Å². The van der Waals surface area contributed by atoms with Gasteiger partial charge in [-0.05, 0) is 62.7 Å². The van der Waals surface area contributed by atoms with Crippen LogP contribution in [0.2, 0.25) is 0 Å². The summed E-state index contributed by atoms with van der Waals surface area (Å²) in [6.07, 6.45) is 7.23. The normalized spacial score (nSPS) is 22.3. The Kier molecular flexibility index (Phi) is 5.84. The molecule has 0 unspecified atom stereocenters. The monoisotopic (exact) mass is 333 g/mol. The van der Waals surface area contributed by atoms with E-state index in [-0.39, 0.29) is 6.03 Å². The van der Waals surface area contributed by atoms with Crippen molar-refractivity contribution >= 4 is 23.5 Å². The molecule has 2 aliphatic heterocycles. The smallest absolute Gasteiger partial charge is 0.321 e. The number of carbonyl (C=O) groups excluding carboxylic acids is 1. The summed E-state index contributed by atoms with van der Waals surface area (Å²) in [6.45, 7) is 5.41. The summed E-state index contributed by atoms with van der Waals surface area (Å²) in [7, 11) is 0. The highest BCUT2D eigenvalue weighted by Crippen LogP contribution is 2.22. The molecule has 2 saturated heterocycles. The molecule has 2 heterocycles. The van der Waals surface area contributed by atoms with Gasteiger partial charge in [0, 0.05) is 30.2 Å². The number of amides is 2. The van der Waals surface area contributed by atoms with Crippen molar-refractivity contribution in [2.24, 2.45) is 5.92 Å². The number of hydrogen-bond acceptors (Lipinski definition) is 3. The lowest BCUT2D eigenvalue weighted by Crippen LogP contribution is -2.37. The molecule has 23 heavy (non-hydrogen) atoms. The third-order valence-electron chi connectivity index (χ3n) is 4.86. The van der Waals surface area contributed by atoms with E-state index in [1.54, 1.807) is 11.8 Å². The number of hydrogen-bond donors (Lipinski definition) is 1. The maximum absolute atomic E-state index is 12.4. The molecular weight excluding hydrogens is 306 g/mol. The molecule has 0 spiro atoms. The van der Waals surface area contributed by atoms with Gasteiger partial charge in [0.2, 0.25) is 0 Å². The van der Waals surface area contributed by atoms with E-state index in [0.29, 0.717) is 5.92 Å². The molecule has 126 valence electrons. The number of piperidine rings is 1. The zero-order valence-corrected chi connectivity index (χ0v) is 14.8. The minimum atomic E-state index is 0.0457. The summed E-state index contributed by atoms with van der Waals surface area (Å²) in [5.41, 5.74) is 0.890. The summed E-state index contributed by atoms with van der Waals surface area (Å²) < 4.78 is 0. The van der Waals surface area contributed by atoms with Crippen LogP contribution in [-0.4, -0.2) is 54.8 Å². The number of likely N-dealkylation sites (tertiary alicyclic amines) is 2. The largest absolute Gasteiger partial charge is 0.324 e. The number of urea groups is 1. The van der Waals surface area contributed by atoms with Gasteiger partial charge in [0.05, 0.1) is 0 Å². The second kappa shape index (κ2) is 8.06. The van der Waals surface area contributed by atoms with Crippen molar-refractivity contribution in [2.45, 2.75) is 30.6 Å². The van der Waals surface area contributed by atoms with Gasteiger partial charge in [-0.2, -0.15) is 0 Å². The number of rotatable bonds is 4. The van der Waals surface area contributed by atoms with Crippen molar-refractivity contribution < 1.29 is 4.79 Å². The maximum Gasteiger partial charge on any atom is 0.321 e. The highest BCUT2D eigenvalue weighted by molar-refractivity contribution is 7.98. The number of nitrogens with one attached hydrogen (secondary N) is 1. The van der Waals surface area contributed by atoms with Gasteiger partial charge in [-0.1, -0.05) is 12.5 Å². The van der Waals surface area contributed by atoms with Crippen LogP contribution in [0.5, 0.6) is 0 Å². The first-order valence-electron chi connectivity index (χ1n) is 8.67. The average Bonchev–Trinajstić information content (AvgIpc) is 3.04. The van der Waals surface area contributed by atoms with Gasteiger partial charge in [0.15, 0.2) is 0 Å². The second-order valence-corrected chi connectivity index (χ2v) is 7.50. The van der Waals surface area contributed by atoms with Gasteiger partial charge in [-0.3, -0.25) is 0 Å². The number of nitrogens with zero attached hydrogens (tertiary/aromatic N) is 2. The van der Waals surface area contributed by atoms with Crippen LogP contribution < -0.4 is 5.32 Å². The van der Waals surface area contributed by atoms with Crippen LogP contribution in [0, 0.1) is 5.92 Å². The Hall–Kier alpha value is -1.20. The van der Waals surface area contributed by atoms with Crippen molar-refractivity contribution in [2.75, 3.05) is 44.3 Å². The molecule has 1 N–H and O–H groups in total. The van der Waals surface area contributed by atoms with E-state index in [2.05, 4.69) is 16.3 Å². The Morgan fingerprint density at radius 3 is 2.87 bits per heavy atom. The lowest BCUT2D eigenvalue weighted by Gasteiger charge is -2.29. The molecule has 4 nitrogen and oxygen atoms in total. The van der Waals surface area contributed by atoms with Gasteiger partial charge in [-0.25, -0.2) is 4.79 Å². The third kappa shape index (κ3) is 4.64. The van der Waals surface area contributed by atoms with Crippen LogP contribution in [0.3, 0.4) is 0 Å². The van der Waals surface area contributed by atoms with E-state index in [4.69, 9.17) is 0 Å². The minimum absolute atomic E-state index is 0.0457. The highest BCUT2D eigenvalue weighted by atomic mass is 32.2. The lowest BCUT2D eigenvalue weighted by molar-refractivity contribution is 0.192. The number of anilines is 1. The van der Waals surface area contributed by atoms with E-state index in [9.17, 15) is 4.79 Å². The fraction of sp³-hybridized carbons (Fsp3) is 0.611. The molecule has 1 aromatic rings. The van der Waals surface area contributed by atoms with Gasteiger partial charge < -0.3 is 15.1 Å². The molecule has 1 atom stereocenters. The maximum atomic E-state index is 12.4. The quantitative estimate of drug-likeness (QED) is 0.853. The molecule has 0 aromatic heterocycles. The van der Waals surface area contributed by atoms with Crippen molar-refractivity contribution in [3.8, 4) is 0 Å². The second-order valence-electron chi connectivity index (χ2n) is 6.62. The molecule has 0 saturated carbocycles. The first kappa shape index (κ1) is 16.7. The summed E-state index contributed by atoms with van der Waals surface area (Å²) in [4.78, 5) is 18.2. The molecule has 2 aliphatic rings. The fourth-order valence-electron chi connectivity index (χ4n) is 3.58. The van der Waals surface area contributed by atoms with Crippen molar-refractivity contribution in [3.63, 3.8) is 0 Å². The van der Waals surface area contributed by atoms with Crippen LogP contribution >= 0.6 is 11.8 Å². The van der Waals surface area contributed by atoms with Crippen LogP contribution in [-0.2, 0) is 0 Å². The number of thioether (sulfide) groups is 1. The molecule has 0 bridgehead atoms. The van der Waals surface area contributed by atoms with Gasteiger partial charge >= 0.3 is 6.03 Å². The standard InChI is InChI=1S/C18H27N3OS/c1-23-17-7-5-6-16(12-17)19-18(22)21-11-8-15(14-21)13-20-9-3-2-4-10-20/h5-7,12,15H,2-4,8-11,13-14H2,1H3,(H,19,22)/t15-/m0/s1. The molecule has 2 amide bonds. The predicted octanol–water partition coefficient (Wildman–Crippen LogP) is 3.75. The average molecular weight is 334 g/mol. The molecule has 0 aliphatic carbocycles. The Morgan fingerprint density at radius 1 is 1.26 bits per heavy atom. The van der Waals surface area contributed by atoms with Crippen LogP contribution in [0.1, 0.15) is 25.7 Å². The van der Waals surface area contributed by atoms with Crippen molar-refractivity contribution in [1.82, 2.24) is 9.80 Å². The molecule has 0 radical (unpaired) electrons. The zero-order chi connectivity index (χ0) is 16.1. The summed E-state index contributed by atoms with van der Waals surface area (Å²) in [6, 6.07) is 8.09. The van der Waals surface area contributed by atoms with E-state index in [0.717, 1.165) is 31.7 Å². The Bertz CT molecular complexity index is 531. The van der Waals surface area contributed by atoms with Gasteiger partial charge in [-0.15, -0.1) is 11.8 Å². The summed E-state index contributed by atoms with van der Waals surface area (Å²) >= 11 is 1.69. The lowest BCUT2D eigenvalue weighted by atomic mass is 10.1. The third-order valence-corrected chi connectivity index (χ3v) is 5.58. The minimum Gasteiger partial charge on any atom is -0.324 e. The number of carbonyl (C=O) groups is 1. The Morgan fingerprint density at radius 2 is 2.09 bits per heavy atom. The van der Waals surface area contributed by atoms with Gasteiger partial charge in [0.25, 0.3) is 0 Å². The zero-order valence-electron chi connectivity index (χ0n) is 14.0. The van der Waals surface area contributed by atoms with Crippen molar-refractivity contribution in [1.29, 1.82) is 0 Å². The van der Waals surface area contributed by atoms with Crippen LogP contribution in [0.25, 0.3) is 0 Å². The fourth-order valence-corrected chi connectivity index (χ4v) is 4.04. The SMILES string of the molecule is CSc1cccc(NC(=O)N2CC[C@@H](CN3CCCCC3)C2)c1. The van der Waals surface area contributed by atoms with E-state index >= 15 is 0 Å². The highest BCUT2D eigenvalue weighted by Gasteiger charge is 2.28. The number of benzene rings is 1. The molecule has 2 fully saturated rings. The van der Waals surface area contributed by atoms with Crippen LogP contribution in [0.15, 0.2) is 29.2 Å². The first-order chi connectivity index (χ1) is 11.2. The molecule has 5 heteroatoms. The molecular formula is C18H27N3OS. The Labute approximate surface area is 143 Å².